The molecule has 9 heteroatoms. The molecule has 0 aliphatic carbocycles. The highest BCUT2D eigenvalue weighted by atomic mass is 32.2. The van der Waals surface area contributed by atoms with Gasteiger partial charge in [-0.15, -0.1) is 0 Å². The van der Waals surface area contributed by atoms with Crippen molar-refractivity contribution in [2.45, 2.75) is 57.0 Å². The van der Waals surface area contributed by atoms with Crippen molar-refractivity contribution in [1.82, 2.24) is 25.3 Å². The number of benzene rings is 1. The third kappa shape index (κ3) is 5.18. The zero-order valence-electron chi connectivity index (χ0n) is 24.1. The summed E-state index contributed by atoms with van der Waals surface area (Å²) in [6.07, 6.45) is 3.79. The molecule has 214 valence electrons. The smallest absolute Gasteiger partial charge is 0.409 e. The molecule has 0 aromatic heterocycles. The molecule has 1 aromatic carbocycles. The molecule has 0 radical (unpaired) electrons. The second kappa shape index (κ2) is 11.7. The molecule has 0 bridgehead atoms. The number of carbonyl (C=O) groups excluding carboxylic acids is 2. The molecule has 39 heavy (non-hydrogen) atoms. The van der Waals surface area contributed by atoms with Crippen molar-refractivity contribution in [3.05, 3.63) is 46.5 Å². The van der Waals surface area contributed by atoms with Crippen LogP contribution in [0.25, 0.3) is 0 Å². The fourth-order valence-electron chi connectivity index (χ4n) is 7.38. The first-order chi connectivity index (χ1) is 18.8. The van der Waals surface area contributed by atoms with E-state index < -0.39 is 5.41 Å². The molecule has 4 aliphatic rings. The van der Waals surface area contributed by atoms with Gasteiger partial charge in [0.25, 0.3) is 0 Å². The van der Waals surface area contributed by atoms with Crippen molar-refractivity contribution < 1.29 is 14.3 Å². The summed E-state index contributed by atoms with van der Waals surface area (Å²) < 4.78 is 5.16. The Labute approximate surface area is 237 Å². The molecule has 5 atom stereocenters. The predicted molar refractivity (Wildman–Crippen MR) is 156 cm³/mol. The maximum absolute atomic E-state index is 14.7. The summed E-state index contributed by atoms with van der Waals surface area (Å²) in [6.45, 7) is 7.59. The number of carbonyl (C=O) groups is 2. The van der Waals surface area contributed by atoms with Crippen molar-refractivity contribution in [3.8, 4) is 0 Å². The van der Waals surface area contributed by atoms with Crippen LogP contribution >= 0.6 is 11.8 Å². The molecular formula is C30H45N5O3S. The summed E-state index contributed by atoms with van der Waals surface area (Å²) in [5, 5.41) is 7.21. The van der Waals surface area contributed by atoms with E-state index in [1.165, 1.54) is 17.6 Å². The molecule has 4 aliphatic heterocycles. The zero-order valence-corrected chi connectivity index (χ0v) is 24.9. The van der Waals surface area contributed by atoms with Gasteiger partial charge < -0.3 is 25.2 Å². The lowest BCUT2D eigenvalue weighted by Gasteiger charge is -2.48. The van der Waals surface area contributed by atoms with Crippen molar-refractivity contribution >= 4 is 23.8 Å². The van der Waals surface area contributed by atoms with Gasteiger partial charge in [0.05, 0.1) is 19.6 Å². The second-order valence-electron chi connectivity index (χ2n) is 11.9. The first-order valence-electron chi connectivity index (χ1n) is 14.5. The van der Waals surface area contributed by atoms with E-state index >= 15 is 0 Å². The third-order valence-corrected chi connectivity index (χ3v) is 11.2. The van der Waals surface area contributed by atoms with Crippen molar-refractivity contribution in [1.29, 1.82) is 0 Å². The zero-order chi connectivity index (χ0) is 27.7. The first kappa shape index (κ1) is 28.3. The van der Waals surface area contributed by atoms with Gasteiger partial charge in [-0.2, -0.15) is 0 Å². The van der Waals surface area contributed by atoms with Gasteiger partial charge in [0.15, 0.2) is 0 Å². The monoisotopic (exact) mass is 555 g/mol. The van der Waals surface area contributed by atoms with Crippen LogP contribution in [0.5, 0.6) is 0 Å². The van der Waals surface area contributed by atoms with E-state index in [0.29, 0.717) is 38.0 Å². The molecule has 2 fully saturated rings. The molecule has 2 amide bonds. The van der Waals surface area contributed by atoms with Crippen LogP contribution in [0.15, 0.2) is 40.9 Å². The maximum Gasteiger partial charge on any atom is 0.409 e. The van der Waals surface area contributed by atoms with Crippen LogP contribution < -0.4 is 10.6 Å². The van der Waals surface area contributed by atoms with E-state index in [-0.39, 0.29) is 29.5 Å². The summed E-state index contributed by atoms with van der Waals surface area (Å²) in [5.74, 6) is 0.969. The van der Waals surface area contributed by atoms with Crippen LogP contribution in [0, 0.1) is 17.3 Å². The SMILES string of the molecule is CCC(CC)[C@@H]1C[C@H](c2ccccc2)CCN1C(=O)[C@@H]1CNC[C@]12CN(C(=O)OC)CC1=C2SC(N(C)C)N1. The number of nitrogens with zero attached hydrogens (tertiary/aromatic N) is 3. The average Bonchev–Trinajstić information content (AvgIpc) is 3.59. The van der Waals surface area contributed by atoms with E-state index in [9.17, 15) is 9.59 Å². The Balaban J connectivity index is 1.46. The molecule has 8 nitrogen and oxygen atoms in total. The number of thioether (sulfide) groups is 1. The van der Waals surface area contributed by atoms with Crippen molar-refractivity contribution in [3.63, 3.8) is 0 Å². The van der Waals surface area contributed by atoms with Gasteiger partial charge in [-0.3, -0.25) is 9.69 Å². The number of fused-ring (bicyclic) bond motifs is 1. The van der Waals surface area contributed by atoms with E-state index in [1.54, 1.807) is 16.7 Å². The Morgan fingerprint density at radius 2 is 1.95 bits per heavy atom. The van der Waals surface area contributed by atoms with Crippen LogP contribution in [0.1, 0.15) is 51.0 Å². The Hall–Kier alpha value is -2.23. The predicted octanol–water partition coefficient (Wildman–Crippen LogP) is 3.88. The summed E-state index contributed by atoms with van der Waals surface area (Å²) >= 11 is 1.81. The van der Waals surface area contributed by atoms with Gasteiger partial charge in [0.2, 0.25) is 5.91 Å². The molecule has 4 heterocycles. The number of ether oxygens (including phenoxy) is 1. The minimum atomic E-state index is -0.462. The van der Waals surface area contributed by atoms with Gasteiger partial charge in [0, 0.05) is 48.2 Å². The fourth-order valence-corrected chi connectivity index (χ4v) is 8.79. The number of hydrogen-bond acceptors (Lipinski definition) is 7. The number of methoxy groups -OCH3 is 1. The van der Waals surface area contributed by atoms with E-state index in [1.807, 2.05) is 0 Å². The lowest BCUT2D eigenvalue weighted by Crippen LogP contribution is -2.57. The van der Waals surface area contributed by atoms with Crippen LogP contribution in [0.2, 0.25) is 0 Å². The Bertz CT molecular complexity index is 1080. The normalized spacial score (nSPS) is 30.7. The van der Waals surface area contributed by atoms with Gasteiger partial charge in [-0.1, -0.05) is 68.8 Å². The summed E-state index contributed by atoms with van der Waals surface area (Å²) in [6, 6.07) is 11.0. The topological polar surface area (TPSA) is 77.2 Å². The van der Waals surface area contributed by atoms with Gasteiger partial charge >= 0.3 is 6.09 Å². The lowest BCUT2D eigenvalue weighted by atomic mass is 9.72. The molecule has 1 spiro atoms. The van der Waals surface area contributed by atoms with Crippen molar-refractivity contribution in [2.24, 2.45) is 17.3 Å². The first-order valence-corrected chi connectivity index (χ1v) is 15.4. The Kier molecular flexibility index (Phi) is 8.50. The average molecular weight is 556 g/mol. The van der Waals surface area contributed by atoms with Crippen molar-refractivity contribution in [2.75, 3.05) is 53.9 Å². The largest absolute Gasteiger partial charge is 0.453 e. The Morgan fingerprint density at radius 3 is 2.62 bits per heavy atom. The molecule has 2 N–H and O–H groups in total. The van der Waals surface area contributed by atoms with E-state index in [0.717, 1.165) is 37.9 Å². The highest BCUT2D eigenvalue weighted by Crippen LogP contribution is 2.53. The Morgan fingerprint density at radius 1 is 1.21 bits per heavy atom. The number of amides is 2. The van der Waals surface area contributed by atoms with Crippen LogP contribution in [-0.2, 0) is 9.53 Å². The van der Waals surface area contributed by atoms with Crippen LogP contribution in [0.4, 0.5) is 4.79 Å². The molecular weight excluding hydrogens is 510 g/mol. The van der Waals surface area contributed by atoms with E-state index in [2.05, 4.69) is 78.7 Å². The van der Waals surface area contributed by atoms with Crippen LogP contribution in [-0.4, -0.2) is 92.2 Å². The number of likely N-dealkylation sites (tertiary alicyclic amines) is 1. The van der Waals surface area contributed by atoms with E-state index in [4.69, 9.17) is 4.74 Å². The molecule has 5 rings (SSSR count). The highest BCUT2D eigenvalue weighted by Gasteiger charge is 2.57. The van der Waals surface area contributed by atoms with Gasteiger partial charge in [-0.05, 0) is 44.3 Å². The van der Waals surface area contributed by atoms with Gasteiger partial charge in [-0.25, -0.2) is 4.79 Å². The minimum Gasteiger partial charge on any atom is -0.453 e. The number of rotatable bonds is 6. The summed E-state index contributed by atoms with van der Waals surface area (Å²) in [7, 11) is 5.55. The highest BCUT2D eigenvalue weighted by molar-refractivity contribution is 8.03. The number of nitrogens with one attached hydrogen (secondary N) is 2. The lowest BCUT2D eigenvalue weighted by molar-refractivity contribution is -0.143. The summed E-state index contributed by atoms with van der Waals surface area (Å²) in [4.78, 5) is 34.9. The fraction of sp³-hybridized carbons (Fsp3) is 0.667. The second-order valence-corrected chi connectivity index (χ2v) is 12.9. The number of hydrogen-bond donors (Lipinski definition) is 2. The maximum atomic E-state index is 14.7. The third-order valence-electron chi connectivity index (χ3n) is 9.52. The number of piperidine rings is 1. The molecule has 1 unspecified atom stereocenters. The molecule has 1 aromatic rings. The summed E-state index contributed by atoms with van der Waals surface area (Å²) in [5.41, 5.74) is 2.06. The standard InChI is InChI=1S/C30H45N5O3S/c1-6-20(7-2)25-15-22(21-11-9-8-10-12-21)13-14-35(25)27(36)23-16-31-18-30(23)19-34(29(37)38-5)17-24-26(30)39-28(32-24)33(3)4/h8-12,20,22-23,25,28,31-32H,6-7,13-19H2,1-5H3/t22-,23+,25+,28?,30+/m1/s1. The molecule has 2 saturated heterocycles. The quantitative estimate of drug-likeness (QED) is 0.552. The van der Waals surface area contributed by atoms with Gasteiger partial charge in [0.1, 0.15) is 5.50 Å². The minimum absolute atomic E-state index is 0.0831. The van der Waals surface area contributed by atoms with Crippen LogP contribution in [0.3, 0.4) is 0 Å². The molecule has 0 saturated carbocycles.